The predicted octanol–water partition coefficient (Wildman–Crippen LogP) is 3.94. The van der Waals surface area contributed by atoms with Crippen molar-refractivity contribution >= 4 is 11.7 Å². The molecule has 5 heteroatoms. The molecule has 0 radical (unpaired) electrons. The largest absolute Gasteiger partial charge is 0.497 e. The Morgan fingerprint density at radius 2 is 1.65 bits per heavy atom. The van der Waals surface area contributed by atoms with Crippen LogP contribution in [0, 0.1) is 0 Å². The van der Waals surface area contributed by atoms with Gasteiger partial charge in [-0.2, -0.15) is 0 Å². The molecule has 2 aromatic carbocycles. The van der Waals surface area contributed by atoms with Crippen LogP contribution in [0.5, 0.6) is 11.5 Å². The Kier molecular flexibility index (Phi) is 6.14. The number of carboxylic acid groups (broad SMARTS) is 1. The summed E-state index contributed by atoms with van der Waals surface area (Å²) in [6, 6.07) is 12.9. The molecule has 0 bridgehead atoms. The summed E-state index contributed by atoms with van der Waals surface area (Å²) in [7, 11) is 3.10. The number of benzene rings is 2. The van der Waals surface area contributed by atoms with E-state index in [9.17, 15) is 9.90 Å². The number of hydrogen-bond acceptors (Lipinski definition) is 4. The van der Waals surface area contributed by atoms with Gasteiger partial charge in [0.25, 0.3) is 0 Å². The van der Waals surface area contributed by atoms with E-state index in [1.54, 1.807) is 32.2 Å². The smallest absolute Gasteiger partial charge is 0.318 e. The van der Waals surface area contributed by atoms with Crippen LogP contribution < -0.4 is 14.4 Å². The third kappa shape index (κ3) is 3.47. The van der Waals surface area contributed by atoms with Crippen LogP contribution in [-0.4, -0.2) is 38.4 Å². The highest BCUT2D eigenvalue weighted by Crippen LogP contribution is 2.40. The molecule has 2 rings (SSSR count). The molecule has 0 heterocycles. The molecule has 0 aliphatic carbocycles. The van der Waals surface area contributed by atoms with Gasteiger partial charge >= 0.3 is 5.97 Å². The molecule has 0 aromatic heterocycles. The number of nitrogens with zero attached hydrogens (tertiary/aromatic N) is 1. The van der Waals surface area contributed by atoms with Gasteiger partial charge in [-0.3, -0.25) is 4.79 Å². The van der Waals surface area contributed by atoms with Crippen molar-refractivity contribution in [2.45, 2.75) is 26.2 Å². The highest BCUT2D eigenvalue weighted by molar-refractivity contribution is 5.87. The molecule has 0 spiro atoms. The second-order valence-corrected chi connectivity index (χ2v) is 6.22. The van der Waals surface area contributed by atoms with Crippen molar-refractivity contribution in [2.75, 3.05) is 32.2 Å². The first-order valence-corrected chi connectivity index (χ1v) is 8.73. The van der Waals surface area contributed by atoms with Crippen LogP contribution in [0.4, 0.5) is 5.69 Å². The maximum atomic E-state index is 12.3. The minimum absolute atomic E-state index is 0.488. The Hall–Kier alpha value is -2.69. The zero-order valence-electron chi connectivity index (χ0n) is 16.1. The molecule has 1 N–H and O–H groups in total. The number of anilines is 1. The van der Waals surface area contributed by atoms with Crippen molar-refractivity contribution in [1.29, 1.82) is 0 Å². The SMILES string of the molecule is CCN(CC)c1ccc(C(C)(C(=O)O)c2ccc(OC)cc2OC)cc1. The molecule has 0 fully saturated rings. The van der Waals surface area contributed by atoms with E-state index >= 15 is 0 Å². The van der Waals surface area contributed by atoms with Crippen LogP contribution in [0.3, 0.4) is 0 Å². The molecule has 1 atom stereocenters. The van der Waals surface area contributed by atoms with E-state index in [1.165, 1.54) is 7.11 Å². The molecule has 1 unspecified atom stereocenters. The standard InChI is InChI=1S/C21H27NO4/c1-6-22(7-2)16-10-8-15(9-11-16)21(3,20(23)24)18-13-12-17(25-4)14-19(18)26-5/h8-14H,6-7H2,1-5H3,(H,23,24). The third-order valence-electron chi connectivity index (χ3n) is 4.95. The summed E-state index contributed by atoms with van der Waals surface area (Å²) in [6.07, 6.45) is 0. The van der Waals surface area contributed by atoms with E-state index in [0.717, 1.165) is 18.8 Å². The summed E-state index contributed by atoms with van der Waals surface area (Å²) >= 11 is 0. The van der Waals surface area contributed by atoms with Crippen LogP contribution in [0.15, 0.2) is 42.5 Å². The van der Waals surface area contributed by atoms with E-state index < -0.39 is 11.4 Å². The molecular weight excluding hydrogens is 330 g/mol. The second-order valence-electron chi connectivity index (χ2n) is 6.22. The van der Waals surface area contributed by atoms with Crippen molar-refractivity contribution in [1.82, 2.24) is 0 Å². The zero-order chi connectivity index (χ0) is 19.3. The molecule has 0 amide bonds. The predicted molar refractivity (Wildman–Crippen MR) is 104 cm³/mol. The van der Waals surface area contributed by atoms with Gasteiger partial charge in [-0.15, -0.1) is 0 Å². The van der Waals surface area contributed by atoms with Crippen molar-refractivity contribution < 1.29 is 19.4 Å². The monoisotopic (exact) mass is 357 g/mol. The van der Waals surface area contributed by atoms with Crippen molar-refractivity contribution in [3.8, 4) is 11.5 Å². The average Bonchev–Trinajstić information content (AvgIpc) is 2.68. The van der Waals surface area contributed by atoms with Gasteiger partial charge in [0.05, 0.1) is 14.2 Å². The summed E-state index contributed by atoms with van der Waals surface area (Å²) in [4.78, 5) is 14.5. The normalized spacial score (nSPS) is 13.0. The van der Waals surface area contributed by atoms with Gasteiger partial charge in [0.15, 0.2) is 0 Å². The quantitative estimate of drug-likeness (QED) is 0.775. The first-order chi connectivity index (χ1) is 12.4. The lowest BCUT2D eigenvalue weighted by molar-refractivity contribution is -0.141. The fraction of sp³-hybridized carbons (Fsp3) is 0.381. The highest BCUT2D eigenvalue weighted by Gasteiger charge is 2.39. The van der Waals surface area contributed by atoms with Crippen LogP contribution in [0.2, 0.25) is 0 Å². The number of aliphatic carboxylic acids is 1. The number of methoxy groups -OCH3 is 2. The fourth-order valence-corrected chi connectivity index (χ4v) is 3.20. The van der Waals surface area contributed by atoms with E-state index in [0.29, 0.717) is 22.6 Å². The first-order valence-electron chi connectivity index (χ1n) is 8.73. The minimum Gasteiger partial charge on any atom is -0.497 e. The van der Waals surface area contributed by atoms with Crippen molar-refractivity contribution in [3.05, 3.63) is 53.6 Å². The Bertz CT molecular complexity index is 753. The lowest BCUT2D eigenvalue weighted by atomic mass is 9.75. The zero-order valence-corrected chi connectivity index (χ0v) is 16.1. The van der Waals surface area contributed by atoms with Crippen molar-refractivity contribution in [2.24, 2.45) is 0 Å². The number of hydrogen-bond donors (Lipinski definition) is 1. The van der Waals surface area contributed by atoms with Gasteiger partial charge in [0, 0.05) is 30.4 Å². The molecule has 5 nitrogen and oxygen atoms in total. The van der Waals surface area contributed by atoms with Crippen LogP contribution >= 0.6 is 0 Å². The number of carbonyl (C=O) groups is 1. The Labute approximate surface area is 155 Å². The van der Waals surface area contributed by atoms with Crippen LogP contribution in [-0.2, 0) is 10.2 Å². The van der Waals surface area contributed by atoms with Gasteiger partial charge in [0.2, 0.25) is 0 Å². The maximum Gasteiger partial charge on any atom is 0.318 e. The molecule has 2 aromatic rings. The Morgan fingerprint density at radius 1 is 1.04 bits per heavy atom. The highest BCUT2D eigenvalue weighted by atomic mass is 16.5. The van der Waals surface area contributed by atoms with E-state index in [4.69, 9.17) is 9.47 Å². The fourth-order valence-electron chi connectivity index (χ4n) is 3.20. The summed E-state index contributed by atoms with van der Waals surface area (Å²) in [5.41, 5.74) is 1.13. The molecule has 0 saturated carbocycles. The topological polar surface area (TPSA) is 59.0 Å². The second kappa shape index (κ2) is 8.13. The van der Waals surface area contributed by atoms with E-state index in [-0.39, 0.29) is 0 Å². The maximum absolute atomic E-state index is 12.3. The van der Waals surface area contributed by atoms with Gasteiger partial charge in [-0.25, -0.2) is 0 Å². The number of carboxylic acids is 1. The Morgan fingerprint density at radius 3 is 2.12 bits per heavy atom. The van der Waals surface area contributed by atoms with E-state index in [1.807, 2.05) is 24.3 Å². The number of ether oxygens (including phenoxy) is 2. The molecule has 0 aliphatic heterocycles. The van der Waals surface area contributed by atoms with Gasteiger partial charge in [-0.1, -0.05) is 18.2 Å². The molecule has 0 aliphatic rings. The molecule has 0 saturated heterocycles. The summed E-state index contributed by atoms with van der Waals surface area (Å²) < 4.78 is 10.7. The molecule has 140 valence electrons. The van der Waals surface area contributed by atoms with Crippen LogP contribution in [0.25, 0.3) is 0 Å². The van der Waals surface area contributed by atoms with Gasteiger partial charge < -0.3 is 19.5 Å². The Balaban J connectivity index is 2.56. The molecule has 26 heavy (non-hydrogen) atoms. The minimum atomic E-state index is -1.24. The van der Waals surface area contributed by atoms with Gasteiger partial charge in [-0.05, 0) is 44.5 Å². The number of rotatable bonds is 8. The third-order valence-corrected chi connectivity index (χ3v) is 4.95. The van der Waals surface area contributed by atoms with E-state index in [2.05, 4.69) is 18.7 Å². The lowest BCUT2D eigenvalue weighted by Crippen LogP contribution is -2.34. The van der Waals surface area contributed by atoms with Crippen LogP contribution in [0.1, 0.15) is 31.9 Å². The summed E-state index contributed by atoms with van der Waals surface area (Å²) in [5.74, 6) is 0.175. The van der Waals surface area contributed by atoms with Crippen molar-refractivity contribution in [3.63, 3.8) is 0 Å². The first kappa shape index (κ1) is 19.6. The molecular formula is C21H27NO4. The van der Waals surface area contributed by atoms with Gasteiger partial charge in [0.1, 0.15) is 16.9 Å². The lowest BCUT2D eigenvalue weighted by Gasteiger charge is -2.29. The average molecular weight is 357 g/mol. The summed E-state index contributed by atoms with van der Waals surface area (Å²) in [5, 5.41) is 10.1. The summed E-state index contributed by atoms with van der Waals surface area (Å²) in [6.45, 7) is 7.70.